The lowest BCUT2D eigenvalue weighted by Gasteiger charge is -2.02. The molecule has 0 fully saturated rings. The molecular formula is C9H6N4O2S. The summed E-state index contributed by atoms with van der Waals surface area (Å²) in [6.45, 7) is 0. The van der Waals surface area contributed by atoms with Crippen LogP contribution in [0.3, 0.4) is 0 Å². The molecule has 7 heteroatoms. The lowest BCUT2D eigenvalue weighted by Crippen LogP contribution is -2.11. The van der Waals surface area contributed by atoms with Gasteiger partial charge in [-0.25, -0.2) is 9.97 Å². The molecule has 0 spiro atoms. The molecule has 6 nitrogen and oxygen atoms in total. The van der Waals surface area contributed by atoms with E-state index in [0.29, 0.717) is 10.7 Å². The Morgan fingerprint density at radius 1 is 1.62 bits per heavy atom. The van der Waals surface area contributed by atoms with Gasteiger partial charge in [-0.1, -0.05) is 11.8 Å². The van der Waals surface area contributed by atoms with Gasteiger partial charge in [0, 0.05) is 0 Å². The van der Waals surface area contributed by atoms with Gasteiger partial charge in [-0.05, 0) is 6.26 Å². The Kier molecular flexibility index (Phi) is 2.50. The predicted octanol–water partition coefficient (Wildman–Crippen LogP) is 0.617. The number of hydrogen-bond acceptors (Lipinski definition) is 6. The lowest BCUT2D eigenvalue weighted by atomic mass is 10.2. The van der Waals surface area contributed by atoms with E-state index in [4.69, 9.17) is 5.26 Å². The molecule has 0 amide bonds. The highest BCUT2D eigenvalue weighted by molar-refractivity contribution is 7.98. The number of thioether (sulfide) groups is 1. The van der Waals surface area contributed by atoms with Crippen molar-refractivity contribution in [1.29, 1.82) is 5.26 Å². The summed E-state index contributed by atoms with van der Waals surface area (Å²) in [7, 11) is 0. The first-order valence-corrected chi connectivity index (χ1v) is 5.46. The fourth-order valence-corrected chi connectivity index (χ4v) is 1.59. The molecule has 0 saturated carbocycles. The van der Waals surface area contributed by atoms with Crippen LogP contribution in [0.25, 0.3) is 11.0 Å². The number of pyridine rings is 1. The van der Waals surface area contributed by atoms with Crippen molar-refractivity contribution < 1.29 is 5.11 Å². The number of aromatic amines is 1. The van der Waals surface area contributed by atoms with E-state index in [1.54, 1.807) is 12.3 Å². The largest absolute Gasteiger partial charge is 0.504 e. The number of H-pyrrole nitrogens is 1. The Morgan fingerprint density at radius 3 is 3.00 bits per heavy atom. The van der Waals surface area contributed by atoms with E-state index in [9.17, 15) is 9.90 Å². The van der Waals surface area contributed by atoms with Gasteiger partial charge in [-0.3, -0.25) is 4.79 Å². The highest BCUT2D eigenvalue weighted by Crippen LogP contribution is 2.23. The number of nitrogens with zero attached hydrogens (tertiary/aromatic N) is 3. The molecule has 0 aliphatic carbocycles. The third kappa shape index (κ3) is 1.49. The zero-order chi connectivity index (χ0) is 11.7. The van der Waals surface area contributed by atoms with E-state index < -0.39 is 11.3 Å². The third-order valence-corrected chi connectivity index (χ3v) is 2.56. The maximum absolute atomic E-state index is 11.3. The molecule has 16 heavy (non-hydrogen) atoms. The SMILES string of the molecule is CSc1ncc2[nH]c(=O)c(C#N)c(O)c2n1. The highest BCUT2D eigenvalue weighted by atomic mass is 32.2. The lowest BCUT2D eigenvalue weighted by molar-refractivity contribution is 0.476. The fraction of sp³-hybridized carbons (Fsp3) is 0.111. The van der Waals surface area contributed by atoms with Crippen molar-refractivity contribution in [2.24, 2.45) is 0 Å². The van der Waals surface area contributed by atoms with E-state index >= 15 is 0 Å². The summed E-state index contributed by atoms with van der Waals surface area (Å²) in [6, 6.07) is 1.63. The smallest absolute Gasteiger partial charge is 0.270 e. The third-order valence-electron chi connectivity index (χ3n) is 2.00. The van der Waals surface area contributed by atoms with Crippen LogP contribution in [0, 0.1) is 11.3 Å². The first kappa shape index (κ1) is 10.4. The normalized spacial score (nSPS) is 10.2. The quantitative estimate of drug-likeness (QED) is 0.553. The van der Waals surface area contributed by atoms with Crippen LogP contribution < -0.4 is 5.56 Å². The first-order chi connectivity index (χ1) is 7.67. The molecule has 2 aromatic rings. The average molecular weight is 234 g/mol. The summed E-state index contributed by atoms with van der Waals surface area (Å²) in [5.41, 5.74) is -0.499. The number of aromatic hydroxyl groups is 1. The summed E-state index contributed by atoms with van der Waals surface area (Å²) >= 11 is 1.30. The van der Waals surface area contributed by atoms with Gasteiger partial charge >= 0.3 is 0 Å². The number of nitriles is 1. The Hall–Kier alpha value is -2.07. The summed E-state index contributed by atoms with van der Waals surface area (Å²) in [5.74, 6) is -0.404. The molecule has 0 aromatic carbocycles. The molecule has 0 radical (unpaired) electrons. The number of fused-ring (bicyclic) bond motifs is 1. The fourth-order valence-electron chi connectivity index (χ4n) is 1.25. The van der Waals surface area contributed by atoms with Gasteiger partial charge in [0.05, 0.1) is 11.7 Å². The molecule has 2 rings (SSSR count). The minimum absolute atomic E-state index is 0.176. The van der Waals surface area contributed by atoms with E-state index in [0.717, 1.165) is 0 Å². The first-order valence-electron chi connectivity index (χ1n) is 4.23. The van der Waals surface area contributed by atoms with Crippen LogP contribution in [-0.4, -0.2) is 26.3 Å². The van der Waals surface area contributed by atoms with E-state index in [-0.39, 0.29) is 11.1 Å². The summed E-state index contributed by atoms with van der Waals surface area (Å²) in [5, 5.41) is 18.9. The minimum atomic E-state index is -0.645. The van der Waals surface area contributed by atoms with Crippen LogP contribution in [0.15, 0.2) is 16.1 Å². The van der Waals surface area contributed by atoms with Crippen LogP contribution in [0.5, 0.6) is 5.75 Å². The van der Waals surface area contributed by atoms with Gasteiger partial charge in [0.1, 0.15) is 11.6 Å². The standard InChI is InChI=1S/C9H6N4O2S/c1-16-9-11-3-5-6(13-9)7(14)4(2-10)8(15)12-5/h3H,1H3,(H2,12,14,15). The van der Waals surface area contributed by atoms with Crippen molar-refractivity contribution >= 4 is 22.8 Å². The number of aromatic nitrogens is 3. The van der Waals surface area contributed by atoms with Gasteiger partial charge in [0.2, 0.25) is 0 Å². The molecule has 0 aliphatic rings. The molecule has 0 atom stereocenters. The average Bonchev–Trinajstić information content (AvgIpc) is 2.29. The van der Waals surface area contributed by atoms with Gasteiger partial charge in [-0.15, -0.1) is 0 Å². The van der Waals surface area contributed by atoms with Gasteiger partial charge in [0.15, 0.2) is 16.5 Å². The second-order valence-electron chi connectivity index (χ2n) is 2.91. The number of nitrogens with one attached hydrogen (secondary N) is 1. The molecule has 2 heterocycles. The second kappa shape index (κ2) is 3.83. The molecule has 0 unspecified atom stereocenters. The number of hydrogen-bond donors (Lipinski definition) is 2. The predicted molar refractivity (Wildman–Crippen MR) is 58.3 cm³/mol. The maximum Gasteiger partial charge on any atom is 0.270 e. The van der Waals surface area contributed by atoms with Crippen LogP contribution in [0.1, 0.15) is 5.56 Å². The van der Waals surface area contributed by atoms with Crippen molar-refractivity contribution in [2.45, 2.75) is 5.16 Å². The zero-order valence-electron chi connectivity index (χ0n) is 8.18. The molecular weight excluding hydrogens is 228 g/mol. The van der Waals surface area contributed by atoms with Crippen molar-refractivity contribution in [3.8, 4) is 11.8 Å². The Labute approximate surface area is 94.0 Å². The van der Waals surface area contributed by atoms with Gasteiger partial charge < -0.3 is 10.1 Å². The van der Waals surface area contributed by atoms with Gasteiger partial charge in [-0.2, -0.15) is 5.26 Å². The molecule has 0 aliphatic heterocycles. The second-order valence-corrected chi connectivity index (χ2v) is 3.68. The van der Waals surface area contributed by atoms with Crippen molar-refractivity contribution in [3.05, 3.63) is 22.1 Å². The van der Waals surface area contributed by atoms with Crippen molar-refractivity contribution in [1.82, 2.24) is 15.0 Å². The minimum Gasteiger partial charge on any atom is -0.504 e. The summed E-state index contributed by atoms with van der Waals surface area (Å²) in [6.07, 6.45) is 3.19. The molecule has 2 N–H and O–H groups in total. The molecule has 80 valence electrons. The Balaban J connectivity index is 2.90. The summed E-state index contributed by atoms with van der Waals surface area (Å²) < 4.78 is 0. The summed E-state index contributed by atoms with van der Waals surface area (Å²) in [4.78, 5) is 21.7. The van der Waals surface area contributed by atoms with E-state index in [2.05, 4.69) is 15.0 Å². The Bertz CT molecular complexity index is 659. The zero-order valence-corrected chi connectivity index (χ0v) is 9.00. The van der Waals surface area contributed by atoms with Crippen molar-refractivity contribution in [3.63, 3.8) is 0 Å². The van der Waals surface area contributed by atoms with Crippen LogP contribution >= 0.6 is 11.8 Å². The van der Waals surface area contributed by atoms with Crippen LogP contribution in [0.4, 0.5) is 0 Å². The van der Waals surface area contributed by atoms with Crippen LogP contribution in [-0.2, 0) is 0 Å². The monoisotopic (exact) mass is 234 g/mol. The topological polar surface area (TPSA) is 103 Å². The van der Waals surface area contributed by atoms with Crippen LogP contribution in [0.2, 0.25) is 0 Å². The molecule has 2 aromatic heterocycles. The highest BCUT2D eigenvalue weighted by Gasteiger charge is 2.13. The van der Waals surface area contributed by atoms with Crippen molar-refractivity contribution in [2.75, 3.05) is 6.26 Å². The molecule has 0 saturated heterocycles. The number of rotatable bonds is 1. The van der Waals surface area contributed by atoms with Gasteiger partial charge in [0.25, 0.3) is 5.56 Å². The Morgan fingerprint density at radius 2 is 2.38 bits per heavy atom. The van der Waals surface area contributed by atoms with E-state index in [1.165, 1.54) is 18.0 Å². The molecule has 0 bridgehead atoms. The maximum atomic E-state index is 11.3. The van der Waals surface area contributed by atoms with E-state index in [1.807, 2.05) is 0 Å².